The number of carbonyl (C=O) groups is 1. The summed E-state index contributed by atoms with van der Waals surface area (Å²) >= 11 is 0. The molecule has 1 amide bonds. The van der Waals surface area contributed by atoms with Crippen LogP contribution in [0.5, 0.6) is 0 Å². The second-order valence-electron chi connectivity index (χ2n) is 3.17. The summed E-state index contributed by atoms with van der Waals surface area (Å²) in [5, 5.41) is 2.65. The van der Waals surface area contributed by atoms with Crippen LogP contribution in [0.4, 0.5) is 0 Å². The summed E-state index contributed by atoms with van der Waals surface area (Å²) in [5.74, 6) is 0.172. The van der Waals surface area contributed by atoms with Crippen LogP contribution in [0, 0.1) is 5.92 Å². The molecule has 2 atom stereocenters. The lowest BCUT2D eigenvalue weighted by molar-refractivity contribution is -0.125. The molecule has 64 valence electrons. The summed E-state index contributed by atoms with van der Waals surface area (Å²) in [6, 6.07) is 0.0868. The number of nitrogens with one attached hydrogen (secondary N) is 1. The van der Waals surface area contributed by atoms with E-state index in [2.05, 4.69) is 5.32 Å². The number of amides is 1. The highest BCUT2D eigenvalue weighted by Gasteiger charge is 2.26. The lowest BCUT2D eigenvalue weighted by Gasteiger charge is -2.26. The van der Waals surface area contributed by atoms with Crippen LogP contribution in [0.3, 0.4) is 0 Å². The van der Waals surface area contributed by atoms with Crippen LogP contribution in [-0.2, 0) is 4.79 Å². The first kappa shape index (κ1) is 8.53. The lowest BCUT2D eigenvalue weighted by atomic mass is 9.84. The second kappa shape index (κ2) is 3.72. The first-order valence-corrected chi connectivity index (χ1v) is 4.23. The number of nitrogens with two attached hydrogens (primary N) is 1. The first-order valence-electron chi connectivity index (χ1n) is 4.23. The standard InChI is InChI=1S/C8H16N2O/c1-10-8(11)6-4-2-3-5-7(6)9/h6-7H,2-5,9H2,1H3,(H,10,11)/t6-,7-/m0/s1. The molecule has 0 aliphatic heterocycles. The van der Waals surface area contributed by atoms with E-state index in [0.717, 1.165) is 19.3 Å². The van der Waals surface area contributed by atoms with Gasteiger partial charge in [0.15, 0.2) is 0 Å². The van der Waals surface area contributed by atoms with Gasteiger partial charge in [0, 0.05) is 13.1 Å². The Balaban J connectivity index is 2.47. The Morgan fingerprint density at radius 1 is 1.45 bits per heavy atom. The van der Waals surface area contributed by atoms with E-state index in [1.807, 2.05) is 0 Å². The largest absolute Gasteiger partial charge is 0.359 e. The maximum Gasteiger partial charge on any atom is 0.224 e. The van der Waals surface area contributed by atoms with Crippen LogP contribution in [-0.4, -0.2) is 19.0 Å². The van der Waals surface area contributed by atoms with E-state index in [9.17, 15) is 4.79 Å². The van der Waals surface area contributed by atoms with Gasteiger partial charge in [-0.3, -0.25) is 4.79 Å². The molecule has 1 fully saturated rings. The molecule has 0 radical (unpaired) electrons. The topological polar surface area (TPSA) is 55.1 Å². The van der Waals surface area contributed by atoms with Gasteiger partial charge in [0.25, 0.3) is 0 Å². The van der Waals surface area contributed by atoms with E-state index in [0.29, 0.717) is 0 Å². The zero-order valence-electron chi connectivity index (χ0n) is 6.97. The maximum atomic E-state index is 11.2. The molecule has 0 bridgehead atoms. The van der Waals surface area contributed by atoms with Gasteiger partial charge in [-0.25, -0.2) is 0 Å². The number of hydrogen-bond acceptors (Lipinski definition) is 2. The highest BCUT2D eigenvalue weighted by atomic mass is 16.1. The SMILES string of the molecule is CNC(=O)[C@H]1CCCC[C@@H]1N. The van der Waals surface area contributed by atoms with Crippen LogP contribution in [0.15, 0.2) is 0 Å². The van der Waals surface area contributed by atoms with Crippen molar-refractivity contribution in [3.05, 3.63) is 0 Å². The molecule has 0 heterocycles. The molecule has 11 heavy (non-hydrogen) atoms. The van der Waals surface area contributed by atoms with Crippen molar-refractivity contribution in [3.63, 3.8) is 0 Å². The lowest BCUT2D eigenvalue weighted by Crippen LogP contribution is -2.42. The van der Waals surface area contributed by atoms with E-state index in [4.69, 9.17) is 5.73 Å². The molecule has 1 saturated carbocycles. The average Bonchev–Trinajstić information content (AvgIpc) is 2.04. The molecule has 3 nitrogen and oxygen atoms in total. The van der Waals surface area contributed by atoms with Crippen molar-refractivity contribution in [2.45, 2.75) is 31.7 Å². The molecular weight excluding hydrogens is 140 g/mol. The van der Waals surface area contributed by atoms with Crippen molar-refractivity contribution < 1.29 is 4.79 Å². The fourth-order valence-corrected chi connectivity index (χ4v) is 1.67. The number of hydrogen-bond donors (Lipinski definition) is 2. The zero-order valence-corrected chi connectivity index (χ0v) is 6.97. The molecule has 0 spiro atoms. The summed E-state index contributed by atoms with van der Waals surface area (Å²) in [4.78, 5) is 11.2. The molecule has 3 N–H and O–H groups in total. The second-order valence-corrected chi connectivity index (χ2v) is 3.17. The van der Waals surface area contributed by atoms with Gasteiger partial charge in [-0.2, -0.15) is 0 Å². The minimum atomic E-state index is 0.0637. The fourth-order valence-electron chi connectivity index (χ4n) is 1.67. The summed E-state index contributed by atoms with van der Waals surface area (Å²) in [7, 11) is 1.67. The van der Waals surface area contributed by atoms with Crippen LogP contribution < -0.4 is 11.1 Å². The van der Waals surface area contributed by atoms with Gasteiger partial charge in [0.05, 0.1) is 5.92 Å². The Hall–Kier alpha value is -0.570. The van der Waals surface area contributed by atoms with Crippen molar-refractivity contribution in [3.8, 4) is 0 Å². The molecule has 0 aromatic heterocycles. The smallest absolute Gasteiger partial charge is 0.224 e. The predicted molar refractivity (Wildman–Crippen MR) is 44.0 cm³/mol. The molecule has 1 aliphatic carbocycles. The van der Waals surface area contributed by atoms with E-state index < -0.39 is 0 Å². The molecule has 3 heteroatoms. The van der Waals surface area contributed by atoms with Crippen LogP contribution in [0.25, 0.3) is 0 Å². The van der Waals surface area contributed by atoms with E-state index in [-0.39, 0.29) is 17.9 Å². The summed E-state index contributed by atoms with van der Waals surface area (Å²) in [6.07, 6.45) is 4.28. The van der Waals surface area contributed by atoms with E-state index in [1.54, 1.807) is 7.05 Å². The molecular formula is C8H16N2O. The van der Waals surface area contributed by atoms with Crippen molar-refractivity contribution in [2.24, 2.45) is 11.7 Å². The average molecular weight is 156 g/mol. The molecule has 0 aromatic carbocycles. The van der Waals surface area contributed by atoms with Crippen LogP contribution in [0.1, 0.15) is 25.7 Å². The summed E-state index contributed by atoms with van der Waals surface area (Å²) in [6.45, 7) is 0. The van der Waals surface area contributed by atoms with Crippen molar-refractivity contribution in [1.29, 1.82) is 0 Å². The van der Waals surface area contributed by atoms with Gasteiger partial charge in [-0.05, 0) is 12.8 Å². The van der Waals surface area contributed by atoms with Gasteiger partial charge in [-0.1, -0.05) is 12.8 Å². The first-order chi connectivity index (χ1) is 5.25. The normalized spacial score (nSPS) is 31.5. The third-order valence-corrected chi connectivity index (χ3v) is 2.40. The Kier molecular flexibility index (Phi) is 2.88. The highest BCUT2D eigenvalue weighted by molar-refractivity contribution is 5.79. The number of rotatable bonds is 1. The third kappa shape index (κ3) is 1.93. The van der Waals surface area contributed by atoms with Gasteiger partial charge >= 0.3 is 0 Å². The van der Waals surface area contributed by atoms with Gasteiger partial charge < -0.3 is 11.1 Å². The van der Waals surface area contributed by atoms with Crippen molar-refractivity contribution in [1.82, 2.24) is 5.32 Å². The summed E-state index contributed by atoms with van der Waals surface area (Å²) in [5.41, 5.74) is 5.79. The molecule has 0 unspecified atom stereocenters. The quantitative estimate of drug-likeness (QED) is 0.571. The Morgan fingerprint density at radius 2 is 2.09 bits per heavy atom. The predicted octanol–water partition coefficient (Wildman–Crippen LogP) is 0.250. The van der Waals surface area contributed by atoms with Crippen molar-refractivity contribution >= 4 is 5.91 Å². The molecule has 0 aromatic rings. The third-order valence-electron chi connectivity index (χ3n) is 2.40. The number of carbonyl (C=O) groups excluding carboxylic acids is 1. The van der Waals surface area contributed by atoms with E-state index in [1.165, 1.54) is 6.42 Å². The highest BCUT2D eigenvalue weighted by Crippen LogP contribution is 2.22. The molecule has 1 rings (SSSR count). The Morgan fingerprint density at radius 3 is 2.64 bits per heavy atom. The summed E-state index contributed by atoms with van der Waals surface area (Å²) < 4.78 is 0. The fraction of sp³-hybridized carbons (Fsp3) is 0.875. The van der Waals surface area contributed by atoms with Crippen LogP contribution in [0.2, 0.25) is 0 Å². The van der Waals surface area contributed by atoms with Gasteiger partial charge in [0.1, 0.15) is 0 Å². The zero-order chi connectivity index (χ0) is 8.27. The van der Waals surface area contributed by atoms with Gasteiger partial charge in [0.2, 0.25) is 5.91 Å². The van der Waals surface area contributed by atoms with Crippen LogP contribution >= 0.6 is 0 Å². The Bertz CT molecular complexity index is 147. The minimum Gasteiger partial charge on any atom is -0.359 e. The van der Waals surface area contributed by atoms with Crippen molar-refractivity contribution in [2.75, 3.05) is 7.05 Å². The molecule has 0 saturated heterocycles. The Labute approximate surface area is 67.3 Å². The molecule has 1 aliphatic rings. The monoisotopic (exact) mass is 156 g/mol. The minimum absolute atomic E-state index is 0.0637. The maximum absolute atomic E-state index is 11.2. The van der Waals surface area contributed by atoms with Gasteiger partial charge in [-0.15, -0.1) is 0 Å². The van der Waals surface area contributed by atoms with E-state index >= 15 is 0 Å².